The Morgan fingerprint density at radius 1 is 1.16 bits per heavy atom. The number of benzene rings is 1. The molecule has 0 spiro atoms. The Balaban J connectivity index is 2.50. The molecule has 0 radical (unpaired) electrons. The van der Waals surface area contributed by atoms with Gasteiger partial charge < -0.3 is 13.8 Å². The third-order valence-electron chi connectivity index (χ3n) is 3.19. The van der Waals surface area contributed by atoms with Crippen molar-refractivity contribution in [2.24, 2.45) is 0 Å². The molecular weight excluding hydrogens is 343 g/mol. The number of hydrogen-bond acceptors (Lipinski definition) is 6. The predicted octanol–water partition coefficient (Wildman–Crippen LogP) is 4.59. The van der Waals surface area contributed by atoms with E-state index in [2.05, 4.69) is 4.98 Å². The van der Waals surface area contributed by atoms with Crippen molar-refractivity contribution in [3.05, 3.63) is 30.1 Å². The van der Waals surface area contributed by atoms with E-state index in [9.17, 15) is 9.36 Å². The molecule has 7 nitrogen and oxygen atoms in total. The molecule has 0 unspecified atom stereocenters. The van der Waals surface area contributed by atoms with Crippen LogP contribution in [0, 0.1) is 0 Å². The first-order chi connectivity index (χ1) is 11.7. The van der Waals surface area contributed by atoms with Crippen molar-refractivity contribution in [1.29, 1.82) is 0 Å². The van der Waals surface area contributed by atoms with Crippen molar-refractivity contribution in [2.75, 3.05) is 13.2 Å². The van der Waals surface area contributed by atoms with Crippen LogP contribution in [0.4, 0.5) is 4.79 Å². The van der Waals surface area contributed by atoms with Gasteiger partial charge in [-0.15, -0.1) is 0 Å². The van der Waals surface area contributed by atoms with E-state index >= 15 is 0 Å². The lowest BCUT2D eigenvalue weighted by Crippen LogP contribution is -2.28. The third-order valence-corrected chi connectivity index (χ3v) is 5.17. The van der Waals surface area contributed by atoms with Crippen LogP contribution in [0.15, 0.2) is 24.3 Å². The Morgan fingerprint density at radius 2 is 1.76 bits per heavy atom. The molecule has 138 valence electrons. The molecule has 0 aliphatic rings. The summed E-state index contributed by atoms with van der Waals surface area (Å²) in [6.07, 6.45) is -0.682. The van der Waals surface area contributed by atoms with Gasteiger partial charge in [0.15, 0.2) is 0 Å². The molecule has 0 bridgehead atoms. The quantitative estimate of drug-likeness (QED) is 0.694. The van der Waals surface area contributed by atoms with Gasteiger partial charge in [-0.25, -0.2) is 14.3 Å². The summed E-state index contributed by atoms with van der Waals surface area (Å²) in [7, 11) is -3.41. The summed E-state index contributed by atoms with van der Waals surface area (Å²) in [4.78, 5) is 17.1. The number of nitrogens with zero attached hydrogens (tertiary/aromatic N) is 2. The number of imidazole rings is 1. The Hall–Kier alpha value is -1.69. The maximum atomic E-state index is 12.9. The van der Waals surface area contributed by atoms with Crippen LogP contribution in [0.1, 0.15) is 40.4 Å². The molecule has 0 atom stereocenters. The highest BCUT2D eigenvalue weighted by atomic mass is 31.2. The smallest absolute Gasteiger partial charge is 0.420 e. The highest BCUT2D eigenvalue weighted by molar-refractivity contribution is 7.53. The lowest BCUT2D eigenvalue weighted by molar-refractivity contribution is 0.0540. The second-order valence-corrected chi connectivity index (χ2v) is 8.49. The van der Waals surface area contributed by atoms with Gasteiger partial charge in [0, 0.05) is 0 Å². The summed E-state index contributed by atoms with van der Waals surface area (Å²) in [5.74, 6) is 0.292. The molecule has 1 aromatic heterocycles. The lowest BCUT2D eigenvalue weighted by atomic mass is 10.2. The first-order valence-electron chi connectivity index (χ1n) is 8.27. The summed E-state index contributed by atoms with van der Waals surface area (Å²) >= 11 is 0. The average Bonchev–Trinajstić information content (AvgIpc) is 2.83. The fraction of sp³-hybridized carbons (Fsp3) is 0.529. The number of ether oxygens (including phenoxy) is 1. The van der Waals surface area contributed by atoms with Crippen LogP contribution in [0.3, 0.4) is 0 Å². The van der Waals surface area contributed by atoms with Gasteiger partial charge in [0.1, 0.15) is 17.6 Å². The Morgan fingerprint density at radius 3 is 2.32 bits per heavy atom. The van der Waals surface area contributed by atoms with Gasteiger partial charge >= 0.3 is 13.7 Å². The molecule has 2 rings (SSSR count). The zero-order valence-corrected chi connectivity index (χ0v) is 16.2. The molecule has 2 aromatic rings. The minimum atomic E-state index is -3.41. The zero-order chi connectivity index (χ0) is 18.7. The van der Waals surface area contributed by atoms with Gasteiger partial charge in [-0.05, 0) is 46.8 Å². The number of aromatic nitrogens is 2. The van der Waals surface area contributed by atoms with Gasteiger partial charge in [0.2, 0.25) is 0 Å². The number of rotatable bonds is 6. The van der Waals surface area contributed by atoms with Gasteiger partial charge in [-0.3, -0.25) is 4.57 Å². The molecule has 0 saturated heterocycles. The van der Waals surface area contributed by atoms with E-state index in [1.807, 2.05) is 6.07 Å². The van der Waals surface area contributed by atoms with E-state index in [0.717, 1.165) is 0 Å². The molecule has 0 aliphatic heterocycles. The van der Waals surface area contributed by atoms with E-state index in [0.29, 0.717) is 16.9 Å². The van der Waals surface area contributed by atoms with E-state index in [1.54, 1.807) is 52.8 Å². The number of carbonyl (C=O) groups excluding carboxylic acids is 1. The molecule has 0 N–H and O–H groups in total. The van der Waals surface area contributed by atoms with Crippen molar-refractivity contribution in [2.45, 2.75) is 46.4 Å². The minimum Gasteiger partial charge on any atom is -0.443 e. The van der Waals surface area contributed by atoms with E-state index in [4.69, 9.17) is 13.8 Å². The van der Waals surface area contributed by atoms with Crippen LogP contribution in [-0.2, 0) is 24.5 Å². The Bertz CT molecular complexity index is 784. The molecule has 0 aliphatic carbocycles. The van der Waals surface area contributed by atoms with Gasteiger partial charge in [0.05, 0.1) is 24.2 Å². The van der Waals surface area contributed by atoms with Crippen molar-refractivity contribution in [3.8, 4) is 0 Å². The molecular formula is C17H25N2O5P. The molecule has 0 saturated carbocycles. The zero-order valence-electron chi connectivity index (χ0n) is 15.3. The molecule has 1 aromatic carbocycles. The Kier molecular flexibility index (Phi) is 6.03. The van der Waals surface area contributed by atoms with Crippen LogP contribution in [0.5, 0.6) is 0 Å². The summed E-state index contributed by atoms with van der Waals surface area (Å²) in [6, 6.07) is 7.18. The molecule has 0 amide bonds. The van der Waals surface area contributed by atoms with Crippen molar-refractivity contribution in [1.82, 2.24) is 9.55 Å². The molecule has 25 heavy (non-hydrogen) atoms. The molecule has 1 heterocycles. The maximum absolute atomic E-state index is 12.9. The van der Waals surface area contributed by atoms with Crippen molar-refractivity contribution >= 4 is 24.7 Å². The fourth-order valence-corrected chi connectivity index (χ4v) is 3.99. The number of hydrogen-bond donors (Lipinski definition) is 0. The first-order valence-corrected chi connectivity index (χ1v) is 9.99. The van der Waals surface area contributed by atoms with Crippen LogP contribution < -0.4 is 0 Å². The van der Waals surface area contributed by atoms with Crippen molar-refractivity contribution < 1.29 is 23.1 Å². The SMILES string of the molecule is CCOP(=O)(Cc1nc2ccccc2n1C(=O)OC(C)(C)C)OCC. The van der Waals surface area contributed by atoms with Crippen LogP contribution in [0.25, 0.3) is 11.0 Å². The van der Waals surface area contributed by atoms with Gasteiger partial charge in [-0.1, -0.05) is 12.1 Å². The molecule has 0 fully saturated rings. The fourth-order valence-electron chi connectivity index (χ4n) is 2.39. The van der Waals surface area contributed by atoms with Crippen molar-refractivity contribution in [3.63, 3.8) is 0 Å². The minimum absolute atomic E-state index is 0.109. The first kappa shape index (κ1) is 19.6. The molecule has 8 heteroatoms. The summed E-state index contributed by atoms with van der Waals surface area (Å²) in [5.41, 5.74) is 0.540. The highest BCUT2D eigenvalue weighted by Crippen LogP contribution is 2.51. The largest absolute Gasteiger partial charge is 0.443 e. The second-order valence-electron chi connectivity index (χ2n) is 6.44. The van der Waals surface area contributed by atoms with E-state index in [1.165, 1.54) is 4.57 Å². The monoisotopic (exact) mass is 368 g/mol. The van der Waals surface area contributed by atoms with Crippen LogP contribution >= 0.6 is 7.60 Å². The highest BCUT2D eigenvalue weighted by Gasteiger charge is 2.30. The number of para-hydroxylation sites is 2. The van der Waals surface area contributed by atoms with E-state index in [-0.39, 0.29) is 19.4 Å². The summed E-state index contributed by atoms with van der Waals surface area (Å²) in [6.45, 7) is 9.32. The van der Waals surface area contributed by atoms with Gasteiger partial charge in [-0.2, -0.15) is 0 Å². The maximum Gasteiger partial charge on any atom is 0.420 e. The lowest BCUT2D eigenvalue weighted by Gasteiger charge is -2.21. The van der Waals surface area contributed by atoms with Gasteiger partial charge in [0.25, 0.3) is 0 Å². The predicted molar refractivity (Wildman–Crippen MR) is 95.9 cm³/mol. The average molecular weight is 368 g/mol. The third kappa shape index (κ3) is 4.91. The second kappa shape index (κ2) is 7.68. The normalized spacial score (nSPS) is 12.5. The summed E-state index contributed by atoms with van der Waals surface area (Å²) in [5, 5.41) is 0. The Labute approximate surface area is 147 Å². The topological polar surface area (TPSA) is 79.7 Å². The number of carbonyl (C=O) groups is 1. The van der Waals surface area contributed by atoms with Crippen LogP contribution in [0.2, 0.25) is 0 Å². The standard InChI is InChI=1S/C17H25N2O5P/c1-6-22-25(21,23-7-2)12-15-18-13-10-8-9-11-14(13)19(15)16(20)24-17(3,4)5/h8-11H,6-7,12H2,1-5H3. The van der Waals surface area contributed by atoms with E-state index < -0.39 is 19.3 Å². The number of fused-ring (bicyclic) bond motifs is 1. The summed E-state index contributed by atoms with van der Waals surface area (Å²) < 4.78 is 30.4. The van der Waals surface area contributed by atoms with Crippen LogP contribution in [-0.4, -0.2) is 34.5 Å².